The molecule has 2 fully saturated rings. The van der Waals surface area contributed by atoms with Gasteiger partial charge in [0.2, 0.25) is 0 Å². The quantitative estimate of drug-likeness (QED) is 0.912. The molecule has 1 aliphatic heterocycles. The van der Waals surface area contributed by atoms with Gasteiger partial charge in [-0.1, -0.05) is 19.3 Å². The molecule has 1 aromatic heterocycles. The molecular weight excluding hydrogens is 280 g/mol. The summed E-state index contributed by atoms with van der Waals surface area (Å²) in [7, 11) is 0. The Bertz CT molecular complexity index is 606. The minimum atomic E-state index is -1.01. The van der Waals surface area contributed by atoms with Crippen molar-refractivity contribution in [3.63, 3.8) is 0 Å². The van der Waals surface area contributed by atoms with Crippen molar-refractivity contribution in [1.29, 1.82) is 0 Å². The number of carbonyl (C=O) groups excluding carboxylic acids is 1. The highest BCUT2D eigenvalue weighted by Crippen LogP contribution is 2.43. The fourth-order valence-corrected chi connectivity index (χ4v) is 3.89. The van der Waals surface area contributed by atoms with Crippen molar-refractivity contribution in [2.24, 2.45) is 5.41 Å². The molecule has 5 nitrogen and oxygen atoms in total. The van der Waals surface area contributed by atoms with Crippen molar-refractivity contribution in [2.75, 3.05) is 13.1 Å². The molecule has 3 rings (SSSR count). The maximum Gasteiger partial charge on any atom is 0.337 e. The Morgan fingerprint density at radius 1 is 1.18 bits per heavy atom. The topological polar surface area (TPSA) is 70.5 Å². The second-order valence-electron chi connectivity index (χ2n) is 6.67. The third-order valence-corrected chi connectivity index (χ3v) is 5.18. The smallest absolute Gasteiger partial charge is 0.337 e. The molecule has 0 unspecified atom stereocenters. The van der Waals surface area contributed by atoms with Gasteiger partial charge in [0.05, 0.1) is 11.3 Å². The fraction of sp³-hybridized carbons (Fsp3) is 0.588. The molecule has 1 N–H and O–H groups in total. The van der Waals surface area contributed by atoms with Gasteiger partial charge in [-0.15, -0.1) is 0 Å². The third kappa shape index (κ3) is 2.72. The van der Waals surface area contributed by atoms with E-state index in [9.17, 15) is 9.59 Å². The Labute approximate surface area is 130 Å². The average molecular weight is 302 g/mol. The molecule has 22 heavy (non-hydrogen) atoms. The van der Waals surface area contributed by atoms with Gasteiger partial charge in [-0.05, 0) is 43.7 Å². The number of nitrogens with zero attached hydrogens (tertiary/aromatic N) is 2. The highest BCUT2D eigenvalue weighted by molar-refractivity contribution is 5.94. The van der Waals surface area contributed by atoms with Crippen LogP contribution in [0.5, 0.6) is 0 Å². The molecule has 0 atom stereocenters. The molecule has 0 radical (unpaired) electrons. The van der Waals surface area contributed by atoms with E-state index >= 15 is 0 Å². The van der Waals surface area contributed by atoms with Crippen LogP contribution in [-0.2, 0) is 0 Å². The van der Waals surface area contributed by atoms with E-state index in [0.29, 0.717) is 16.8 Å². The first-order valence-electron chi connectivity index (χ1n) is 8.01. The fourth-order valence-electron chi connectivity index (χ4n) is 3.89. The minimum Gasteiger partial charge on any atom is -0.478 e. The summed E-state index contributed by atoms with van der Waals surface area (Å²) in [5.74, 6) is -1.08. The van der Waals surface area contributed by atoms with Crippen LogP contribution in [0.15, 0.2) is 12.1 Å². The van der Waals surface area contributed by atoms with Crippen LogP contribution in [0.25, 0.3) is 0 Å². The number of aromatic carboxylic acids is 1. The predicted molar refractivity (Wildman–Crippen MR) is 82.0 cm³/mol. The number of carbonyl (C=O) groups is 2. The van der Waals surface area contributed by atoms with Crippen LogP contribution >= 0.6 is 0 Å². The molecule has 1 amide bonds. The van der Waals surface area contributed by atoms with Crippen LogP contribution < -0.4 is 0 Å². The molecule has 118 valence electrons. The summed E-state index contributed by atoms with van der Waals surface area (Å²) in [6, 6.07) is 3.01. The number of pyridine rings is 1. The second-order valence-corrected chi connectivity index (χ2v) is 6.67. The number of rotatable bonds is 2. The second kappa shape index (κ2) is 5.71. The van der Waals surface area contributed by atoms with Crippen LogP contribution in [0.3, 0.4) is 0 Å². The van der Waals surface area contributed by atoms with Crippen molar-refractivity contribution in [2.45, 2.75) is 45.4 Å². The molecule has 0 bridgehead atoms. The zero-order chi connectivity index (χ0) is 15.7. The van der Waals surface area contributed by atoms with Crippen LogP contribution in [0.4, 0.5) is 0 Å². The summed E-state index contributed by atoms with van der Waals surface area (Å²) in [4.78, 5) is 29.7. The number of likely N-dealkylation sites (tertiary alicyclic amines) is 1. The van der Waals surface area contributed by atoms with Gasteiger partial charge in [-0.2, -0.15) is 0 Å². The third-order valence-electron chi connectivity index (χ3n) is 5.18. The van der Waals surface area contributed by atoms with Gasteiger partial charge in [-0.3, -0.25) is 4.79 Å². The summed E-state index contributed by atoms with van der Waals surface area (Å²) in [5.41, 5.74) is 1.23. The molecular formula is C17H22N2O3. The van der Waals surface area contributed by atoms with Gasteiger partial charge in [-0.25, -0.2) is 9.78 Å². The summed E-state index contributed by atoms with van der Waals surface area (Å²) in [6.45, 7) is 3.25. The normalized spacial score (nSPS) is 20.3. The first kappa shape index (κ1) is 15.0. The lowest BCUT2D eigenvalue weighted by atomic mass is 9.73. The number of carboxylic acid groups (broad SMARTS) is 1. The van der Waals surface area contributed by atoms with E-state index in [2.05, 4.69) is 4.98 Å². The Morgan fingerprint density at radius 2 is 1.91 bits per heavy atom. The van der Waals surface area contributed by atoms with Crippen molar-refractivity contribution < 1.29 is 14.7 Å². The van der Waals surface area contributed by atoms with Crippen LogP contribution in [0.1, 0.15) is 65.1 Å². The van der Waals surface area contributed by atoms with Crippen molar-refractivity contribution in [1.82, 2.24) is 9.88 Å². The SMILES string of the molecule is Cc1nc(C(=O)N2CCC3(CCCCC3)C2)ccc1C(=O)O. The molecule has 2 heterocycles. The van der Waals surface area contributed by atoms with Crippen LogP contribution in [0, 0.1) is 12.3 Å². The van der Waals surface area contributed by atoms with Crippen LogP contribution in [-0.4, -0.2) is 40.0 Å². The monoisotopic (exact) mass is 302 g/mol. The highest BCUT2D eigenvalue weighted by Gasteiger charge is 2.40. The zero-order valence-electron chi connectivity index (χ0n) is 13.0. The number of amides is 1. The van der Waals surface area contributed by atoms with Gasteiger partial charge in [0.1, 0.15) is 5.69 Å². The molecule has 1 saturated heterocycles. The summed E-state index contributed by atoms with van der Waals surface area (Å²) >= 11 is 0. The van der Waals surface area contributed by atoms with Crippen molar-refractivity contribution in [3.05, 3.63) is 29.1 Å². The van der Waals surface area contributed by atoms with E-state index in [0.717, 1.165) is 19.5 Å². The summed E-state index contributed by atoms with van der Waals surface area (Å²) < 4.78 is 0. The Morgan fingerprint density at radius 3 is 2.55 bits per heavy atom. The zero-order valence-corrected chi connectivity index (χ0v) is 13.0. The summed E-state index contributed by atoms with van der Waals surface area (Å²) in [5, 5.41) is 9.04. The first-order chi connectivity index (χ1) is 10.5. The van der Waals surface area contributed by atoms with Gasteiger partial charge >= 0.3 is 5.97 Å². The molecule has 1 aliphatic carbocycles. The molecule has 1 spiro atoms. The van der Waals surface area contributed by atoms with Gasteiger partial charge in [0.15, 0.2) is 0 Å². The van der Waals surface area contributed by atoms with Crippen molar-refractivity contribution >= 4 is 11.9 Å². The predicted octanol–water partition coefficient (Wildman–Crippen LogP) is 2.88. The molecule has 1 saturated carbocycles. The molecule has 2 aliphatic rings. The standard InChI is InChI=1S/C17H22N2O3/c1-12-13(16(21)22)5-6-14(18-12)15(20)19-10-9-17(11-19)7-3-2-4-8-17/h5-6H,2-4,7-11H2,1H3,(H,21,22). The molecule has 0 aromatic carbocycles. The van der Waals surface area contributed by atoms with E-state index in [-0.39, 0.29) is 11.5 Å². The van der Waals surface area contributed by atoms with E-state index in [4.69, 9.17) is 5.11 Å². The summed E-state index contributed by atoms with van der Waals surface area (Å²) in [6.07, 6.45) is 7.39. The number of aryl methyl sites for hydroxylation is 1. The van der Waals surface area contributed by atoms with Crippen molar-refractivity contribution in [3.8, 4) is 0 Å². The first-order valence-corrected chi connectivity index (χ1v) is 8.01. The van der Waals surface area contributed by atoms with E-state index in [1.165, 1.54) is 44.2 Å². The Hall–Kier alpha value is -1.91. The number of hydrogen-bond donors (Lipinski definition) is 1. The van der Waals surface area contributed by atoms with Crippen LogP contribution in [0.2, 0.25) is 0 Å². The molecule has 5 heteroatoms. The maximum absolute atomic E-state index is 12.6. The van der Waals surface area contributed by atoms with E-state index < -0.39 is 5.97 Å². The number of hydrogen-bond acceptors (Lipinski definition) is 3. The van der Waals surface area contributed by atoms with Gasteiger partial charge < -0.3 is 10.0 Å². The molecule has 1 aromatic rings. The van der Waals surface area contributed by atoms with Gasteiger partial charge in [0.25, 0.3) is 5.91 Å². The number of carboxylic acids is 1. The minimum absolute atomic E-state index is 0.0671. The maximum atomic E-state index is 12.6. The number of aromatic nitrogens is 1. The van der Waals surface area contributed by atoms with E-state index in [1.807, 2.05) is 4.90 Å². The highest BCUT2D eigenvalue weighted by atomic mass is 16.4. The lowest BCUT2D eigenvalue weighted by Crippen LogP contribution is -2.33. The Kier molecular flexibility index (Phi) is 3.89. The largest absolute Gasteiger partial charge is 0.478 e. The Balaban J connectivity index is 1.75. The lowest BCUT2D eigenvalue weighted by molar-refractivity contribution is 0.0692. The average Bonchev–Trinajstić information content (AvgIpc) is 2.90. The lowest BCUT2D eigenvalue weighted by Gasteiger charge is -2.33. The van der Waals surface area contributed by atoms with E-state index in [1.54, 1.807) is 6.92 Å². The van der Waals surface area contributed by atoms with Gasteiger partial charge in [0, 0.05) is 13.1 Å².